The number of urea groups is 1. The first kappa shape index (κ1) is 17.2. The van der Waals surface area contributed by atoms with E-state index < -0.39 is 0 Å². The van der Waals surface area contributed by atoms with Crippen LogP contribution >= 0.6 is 0 Å². The number of rotatable bonds is 7. The molecule has 0 aromatic carbocycles. The van der Waals surface area contributed by atoms with E-state index >= 15 is 0 Å². The molecular weight excluding hydrogens is 256 g/mol. The number of carbonyl (C=O) groups excluding carboxylic acids is 1. The molecule has 1 fully saturated rings. The van der Waals surface area contributed by atoms with E-state index in [1.165, 1.54) is 0 Å². The smallest absolute Gasteiger partial charge is 0.317 e. The number of aliphatic hydroxyl groups is 1. The predicted octanol–water partition coefficient (Wildman–Crippen LogP) is 2.14. The Hall–Kier alpha value is -0.810. The molecule has 2 amide bonds. The Morgan fingerprint density at radius 1 is 1.45 bits per heavy atom. The van der Waals surface area contributed by atoms with Crippen molar-refractivity contribution in [1.82, 2.24) is 10.2 Å². The quantitative estimate of drug-likeness (QED) is 0.754. The molecule has 1 rings (SSSR count). The van der Waals surface area contributed by atoms with Crippen LogP contribution in [0, 0.1) is 0 Å². The zero-order chi connectivity index (χ0) is 14.8. The molecule has 2 atom stereocenters. The third kappa shape index (κ3) is 6.57. The highest BCUT2D eigenvalue weighted by Crippen LogP contribution is 2.14. The lowest BCUT2D eigenvalue weighted by atomic mass is 10.2. The second-order valence-electron chi connectivity index (χ2n) is 5.63. The van der Waals surface area contributed by atoms with Crippen LogP contribution in [0.4, 0.5) is 4.79 Å². The van der Waals surface area contributed by atoms with Crippen LogP contribution in [0.15, 0.2) is 0 Å². The molecule has 1 saturated heterocycles. The number of ether oxygens (including phenoxy) is 1. The van der Waals surface area contributed by atoms with E-state index in [4.69, 9.17) is 9.84 Å². The van der Waals surface area contributed by atoms with Gasteiger partial charge >= 0.3 is 6.03 Å². The molecule has 1 aliphatic heterocycles. The summed E-state index contributed by atoms with van der Waals surface area (Å²) in [6.45, 7) is 6.68. The van der Waals surface area contributed by atoms with Crippen molar-refractivity contribution < 1.29 is 14.6 Å². The first-order valence-electron chi connectivity index (χ1n) is 7.95. The zero-order valence-corrected chi connectivity index (χ0v) is 12.9. The number of nitrogens with one attached hydrogen (secondary N) is 1. The van der Waals surface area contributed by atoms with E-state index in [1.54, 1.807) is 0 Å². The van der Waals surface area contributed by atoms with Crippen molar-refractivity contribution in [3.8, 4) is 0 Å². The lowest BCUT2D eigenvalue weighted by Gasteiger charge is -2.23. The summed E-state index contributed by atoms with van der Waals surface area (Å²) in [6.07, 6.45) is 5.88. The Morgan fingerprint density at radius 3 is 2.95 bits per heavy atom. The highest BCUT2D eigenvalue weighted by atomic mass is 16.5. The van der Waals surface area contributed by atoms with Gasteiger partial charge in [-0.1, -0.05) is 6.92 Å². The van der Waals surface area contributed by atoms with Crippen molar-refractivity contribution in [2.24, 2.45) is 0 Å². The maximum Gasteiger partial charge on any atom is 0.317 e. The Bertz CT molecular complexity index is 274. The van der Waals surface area contributed by atoms with Gasteiger partial charge in [-0.05, 0) is 45.4 Å². The number of hydrogen-bond donors (Lipinski definition) is 2. The van der Waals surface area contributed by atoms with E-state index in [0.717, 1.165) is 58.2 Å². The summed E-state index contributed by atoms with van der Waals surface area (Å²) in [5, 5.41) is 11.8. The second kappa shape index (κ2) is 10.00. The van der Waals surface area contributed by atoms with E-state index in [9.17, 15) is 4.79 Å². The molecule has 5 heteroatoms. The first-order chi connectivity index (χ1) is 9.67. The summed E-state index contributed by atoms with van der Waals surface area (Å²) < 4.78 is 5.79. The Balaban J connectivity index is 2.30. The van der Waals surface area contributed by atoms with E-state index in [2.05, 4.69) is 12.2 Å². The maximum atomic E-state index is 12.2. The normalized spacial score (nSPS) is 21.4. The Morgan fingerprint density at radius 2 is 2.25 bits per heavy atom. The fourth-order valence-electron chi connectivity index (χ4n) is 2.49. The number of nitrogens with zero attached hydrogens (tertiary/aromatic N) is 1. The van der Waals surface area contributed by atoms with Crippen molar-refractivity contribution in [2.45, 2.75) is 64.5 Å². The second-order valence-corrected chi connectivity index (χ2v) is 5.63. The fourth-order valence-corrected chi connectivity index (χ4v) is 2.49. The molecule has 20 heavy (non-hydrogen) atoms. The molecule has 0 spiro atoms. The standard InChI is InChI=1S/C15H30N2O3/c1-3-12-20-14-7-4-9-17(10-8-14)15(19)16-13(2)6-5-11-18/h13-14,18H,3-12H2,1-2H3,(H,16,19). The molecule has 1 heterocycles. The van der Waals surface area contributed by atoms with Crippen LogP contribution in [0.5, 0.6) is 0 Å². The minimum Gasteiger partial charge on any atom is -0.396 e. The van der Waals surface area contributed by atoms with Crippen molar-refractivity contribution in [1.29, 1.82) is 0 Å². The largest absolute Gasteiger partial charge is 0.396 e. The van der Waals surface area contributed by atoms with Gasteiger partial charge in [0.2, 0.25) is 0 Å². The highest BCUT2D eigenvalue weighted by molar-refractivity contribution is 5.74. The molecule has 0 aromatic heterocycles. The molecule has 118 valence electrons. The Kier molecular flexibility index (Phi) is 8.62. The molecule has 2 unspecified atom stereocenters. The van der Waals surface area contributed by atoms with Gasteiger partial charge in [0.05, 0.1) is 6.10 Å². The summed E-state index contributed by atoms with van der Waals surface area (Å²) in [7, 11) is 0. The summed E-state index contributed by atoms with van der Waals surface area (Å²) in [4.78, 5) is 14.1. The van der Waals surface area contributed by atoms with Crippen molar-refractivity contribution in [3.05, 3.63) is 0 Å². The summed E-state index contributed by atoms with van der Waals surface area (Å²) in [6, 6.07) is 0.136. The van der Waals surface area contributed by atoms with Crippen molar-refractivity contribution >= 4 is 6.03 Å². The van der Waals surface area contributed by atoms with Gasteiger partial charge in [-0.3, -0.25) is 0 Å². The number of hydrogen-bond acceptors (Lipinski definition) is 3. The zero-order valence-electron chi connectivity index (χ0n) is 12.9. The van der Waals surface area contributed by atoms with Crippen LogP contribution < -0.4 is 5.32 Å². The van der Waals surface area contributed by atoms with Crippen molar-refractivity contribution in [3.63, 3.8) is 0 Å². The van der Waals surface area contributed by atoms with Crippen LogP contribution in [0.3, 0.4) is 0 Å². The summed E-state index contributed by atoms with van der Waals surface area (Å²) in [5.41, 5.74) is 0. The molecule has 0 aliphatic carbocycles. The maximum absolute atomic E-state index is 12.2. The number of likely N-dealkylation sites (tertiary alicyclic amines) is 1. The van der Waals surface area contributed by atoms with Crippen molar-refractivity contribution in [2.75, 3.05) is 26.3 Å². The highest BCUT2D eigenvalue weighted by Gasteiger charge is 2.21. The number of carbonyl (C=O) groups is 1. The van der Waals surface area contributed by atoms with Gasteiger partial charge in [-0.25, -0.2) is 4.79 Å². The van der Waals surface area contributed by atoms with Gasteiger partial charge in [-0.2, -0.15) is 0 Å². The number of aliphatic hydroxyl groups excluding tert-OH is 1. The SMILES string of the molecule is CCCOC1CCCN(C(=O)NC(C)CCCO)CC1. The van der Waals surface area contributed by atoms with Crippen LogP contribution in [0.2, 0.25) is 0 Å². The van der Waals surface area contributed by atoms with Gasteiger partial charge in [-0.15, -0.1) is 0 Å². The molecule has 1 aliphatic rings. The fraction of sp³-hybridized carbons (Fsp3) is 0.933. The average molecular weight is 286 g/mol. The minimum atomic E-state index is 0.0200. The Labute approximate surface area is 122 Å². The first-order valence-corrected chi connectivity index (χ1v) is 7.95. The third-order valence-corrected chi connectivity index (χ3v) is 3.69. The monoisotopic (exact) mass is 286 g/mol. The van der Waals surface area contributed by atoms with Gasteiger partial charge in [0.25, 0.3) is 0 Å². The van der Waals surface area contributed by atoms with Crippen LogP contribution in [0.25, 0.3) is 0 Å². The molecule has 0 aromatic rings. The predicted molar refractivity (Wildman–Crippen MR) is 79.8 cm³/mol. The van der Waals surface area contributed by atoms with E-state index in [-0.39, 0.29) is 18.7 Å². The van der Waals surface area contributed by atoms with Gasteiger partial charge in [0, 0.05) is 32.3 Å². The lowest BCUT2D eigenvalue weighted by Crippen LogP contribution is -2.44. The minimum absolute atomic E-state index is 0.0200. The molecule has 0 radical (unpaired) electrons. The molecular formula is C15H30N2O3. The summed E-state index contributed by atoms with van der Waals surface area (Å²) in [5.74, 6) is 0. The van der Waals surface area contributed by atoms with Gasteiger partial charge in [0.15, 0.2) is 0 Å². The van der Waals surface area contributed by atoms with E-state index in [0.29, 0.717) is 6.10 Å². The van der Waals surface area contributed by atoms with E-state index in [1.807, 2.05) is 11.8 Å². The number of amides is 2. The molecule has 2 N–H and O–H groups in total. The lowest BCUT2D eigenvalue weighted by molar-refractivity contribution is 0.0445. The topological polar surface area (TPSA) is 61.8 Å². The van der Waals surface area contributed by atoms with Gasteiger partial charge in [0.1, 0.15) is 0 Å². The summed E-state index contributed by atoms with van der Waals surface area (Å²) >= 11 is 0. The molecule has 5 nitrogen and oxygen atoms in total. The van der Waals surface area contributed by atoms with Gasteiger partial charge < -0.3 is 20.1 Å². The molecule has 0 bridgehead atoms. The van der Waals surface area contributed by atoms with Crippen LogP contribution in [-0.4, -0.2) is 54.5 Å². The van der Waals surface area contributed by atoms with Crippen LogP contribution in [-0.2, 0) is 4.74 Å². The average Bonchev–Trinajstić information content (AvgIpc) is 2.68. The third-order valence-electron chi connectivity index (χ3n) is 3.69. The van der Waals surface area contributed by atoms with Crippen LogP contribution in [0.1, 0.15) is 52.4 Å². The molecule has 0 saturated carbocycles.